The topological polar surface area (TPSA) is 83.4 Å². The van der Waals surface area contributed by atoms with Gasteiger partial charge in [0, 0.05) is 19.4 Å². The minimum absolute atomic E-state index is 0.174. The van der Waals surface area contributed by atoms with Crippen LogP contribution in [0.4, 0.5) is 4.79 Å². The number of hydrogen-bond donors (Lipinski definition) is 1. The lowest BCUT2D eigenvalue weighted by molar-refractivity contribution is -0.111. The normalized spacial score (nSPS) is 11.8. The molecule has 0 aromatic carbocycles. The molecular weight excluding hydrogens is 186 g/mol. The summed E-state index contributed by atoms with van der Waals surface area (Å²) in [4.78, 5) is 29.7. The van der Waals surface area contributed by atoms with Crippen molar-refractivity contribution in [3.05, 3.63) is 24.3 Å². The summed E-state index contributed by atoms with van der Waals surface area (Å²) in [7, 11) is 1.29. The molecule has 0 saturated heterocycles. The molecule has 0 radical (unpaired) electrons. The number of carbonyl (C=O) groups is 2. The summed E-state index contributed by atoms with van der Waals surface area (Å²) in [5, 5.41) is 8.66. The van der Waals surface area contributed by atoms with Crippen LogP contribution in [0.5, 0.6) is 0 Å². The molecule has 6 nitrogen and oxygen atoms in total. The van der Waals surface area contributed by atoms with Crippen LogP contribution in [0, 0.1) is 0 Å². The molecule has 74 valence electrons. The van der Waals surface area contributed by atoms with Crippen molar-refractivity contribution in [3.63, 3.8) is 0 Å². The van der Waals surface area contributed by atoms with Crippen LogP contribution in [0.3, 0.4) is 0 Å². The van der Waals surface area contributed by atoms with Gasteiger partial charge in [0.15, 0.2) is 5.82 Å². The van der Waals surface area contributed by atoms with Gasteiger partial charge in [-0.1, -0.05) is 0 Å². The summed E-state index contributed by atoms with van der Waals surface area (Å²) in [6.45, 7) is 0. The summed E-state index contributed by atoms with van der Waals surface area (Å²) >= 11 is 0. The summed E-state index contributed by atoms with van der Waals surface area (Å²) < 4.78 is 0. The zero-order valence-corrected chi connectivity index (χ0v) is 7.49. The molecule has 1 aromatic heterocycles. The molecule has 1 atom stereocenters. The molecule has 1 heterocycles. The maximum absolute atomic E-state index is 10.7. The SMILES string of the molecule is CN(C(=O)O)C(C=O)c1ncccn1. The zero-order chi connectivity index (χ0) is 10.6. The van der Waals surface area contributed by atoms with E-state index in [4.69, 9.17) is 5.11 Å². The fourth-order valence-corrected chi connectivity index (χ4v) is 0.908. The summed E-state index contributed by atoms with van der Waals surface area (Å²) in [5.74, 6) is 0.174. The van der Waals surface area contributed by atoms with Gasteiger partial charge >= 0.3 is 6.09 Å². The molecule has 1 rings (SSSR count). The first-order valence-corrected chi connectivity index (χ1v) is 3.84. The van der Waals surface area contributed by atoms with Gasteiger partial charge in [0.1, 0.15) is 12.3 Å². The molecule has 0 bridgehead atoms. The van der Waals surface area contributed by atoms with E-state index in [0.29, 0.717) is 6.29 Å². The fourth-order valence-electron chi connectivity index (χ4n) is 0.908. The number of aldehydes is 1. The van der Waals surface area contributed by atoms with Crippen LogP contribution < -0.4 is 0 Å². The van der Waals surface area contributed by atoms with Crippen LogP contribution in [0.2, 0.25) is 0 Å². The Morgan fingerprint density at radius 3 is 2.57 bits per heavy atom. The molecule has 0 saturated carbocycles. The Bertz CT molecular complexity index is 328. The Labute approximate surface area is 80.2 Å². The van der Waals surface area contributed by atoms with E-state index in [9.17, 15) is 9.59 Å². The van der Waals surface area contributed by atoms with Crippen molar-refractivity contribution in [2.24, 2.45) is 0 Å². The first-order chi connectivity index (χ1) is 6.66. The van der Waals surface area contributed by atoms with E-state index < -0.39 is 12.1 Å². The van der Waals surface area contributed by atoms with Crippen LogP contribution in [0.15, 0.2) is 18.5 Å². The van der Waals surface area contributed by atoms with Crippen LogP contribution in [0.25, 0.3) is 0 Å². The average molecular weight is 195 g/mol. The highest BCUT2D eigenvalue weighted by Gasteiger charge is 2.22. The fraction of sp³-hybridized carbons (Fsp3) is 0.250. The van der Waals surface area contributed by atoms with Crippen molar-refractivity contribution in [3.8, 4) is 0 Å². The average Bonchev–Trinajstić information content (AvgIpc) is 2.20. The molecule has 1 amide bonds. The molecular formula is C8H9N3O3. The number of likely N-dealkylation sites (N-methyl/N-ethyl adjacent to an activating group) is 1. The van der Waals surface area contributed by atoms with Crippen LogP contribution in [0.1, 0.15) is 11.9 Å². The van der Waals surface area contributed by atoms with Crippen LogP contribution >= 0.6 is 0 Å². The Hall–Kier alpha value is -1.98. The quantitative estimate of drug-likeness (QED) is 0.702. The molecule has 0 aliphatic rings. The van der Waals surface area contributed by atoms with Gasteiger partial charge < -0.3 is 9.90 Å². The molecule has 0 aliphatic carbocycles. The monoisotopic (exact) mass is 195 g/mol. The minimum Gasteiger partial charge on any atom is -0.465 e. The Morgan fingerprint density at radius 1 is 1.57 bits per heavy atom. The lowest BCUT2D eigenvalue weighted by atomic mass is 10.3. The van der Waals surface area contributed by atoms with E-state index in [0.717, 1.165) is 4.90 Å². The number of carbonyl (C=O) groups excluding carboxylic acids is 1. The van der Waals surface area contributed by atoms with Gasteiger partial charge in [0.2, 0.25) is 0 Å². The van der Waals surface area contributed by atoms with Gasteiger partial charge in [-0.15, -0.1) is 0 Å². The largest absolute Gasteiger partial charge is 0.465 e. The second-order valence-electron chi connectivity index (χ2n) is 2.58. The van der Waals surface area contributed by atoms with E-state index in [-0.39, 0.29) is 5.82 Å². The summed E-state index contributed by atoms with van der Waals surface area (Å²) in [5.41, 5.74) is 0. The molecule has 0 fully saturated rings. The highest BCUT2D eigenvalue weighted by Crippen LogP contribution is 2.11. The zero-order valence-electron chi connectivity index (χ0n) is 7.49. The van der Waals surface area contributed by atoms with Gasteiger partial charge in [0.05, 0.1) is 0 Å². The van der Waals surface area contributed by atoms with Gasteiger partial charge in [0.25, 0.3) is 0 Å². The van der Waals surface area contributed by atoms with Crippen LogP contribution in [-0.2, 0) is 4.79 Å². The minimum atomic E-state index is -1.20. The first kappa shape index (κ1) is 10.1. The highest BCUT2D eigenvalue weighted by molar-refractivity contribution is 5.71. The van der Waals surface area contributed by atoms with Crippen molar-refractivity contribution in [1.82, 2.24) is 14.9 Å². The smallest absolute Gasteiger partial charge is 0.408 e. The van der Waals surface area contributed by atoms with Crippen molar-refractivity contribution < 1.29 is 14.7 Å². The Balaban J connectivity index is 2.93. The van der Waals surface area contributed by atoms with E-state index in [1.54, 1.807) is 6.07 Å². The second-order valence-corrected chi connectivity index (χ2v) is 2.58. The first-order valence-electron chi connectivity index (χ1n) is 3.84. The number of nitrogens with zero attached hydrogens (tertiary/aromatic N) is 3. The van der Waals surface area contributed by atoms with Crippen molar-refractivity contribution in [2.75, 3.05) is 7.05 Å². The molecule has 0 aliphatic heterocycles. The number of rotatable bonds is 3. The molecule has 0 spiro atoms. The van der Waals surface area contributed by atoms with E-state index in [2.05, 4.69) is 9.97 Å². The predicted octanol–water partition coefficient (Wildman–Crippen LogP) is 0.326. The number of carboxylic acid groups (broad SMARTS) is 1. The van der Waals surface area contributed by atoms with Gasteiger partial charge in [-0.3, -0.25) is 4.90 Å². The lowest BCUT2D eigenvalue weighted by Gasteiger charge is -2.18. The molecule has 1 aromatic rings. The van der Waals surface area contributed by atoms with Crippen molar-refractivity contribution >= 4 is 12.4 Å². The molecule has 1 N–H and O–H groups in total. The second kappa shape index (κ2) is 4.31. The Kier molecular flexibility index (Phi) is 3.11. The standard InChI is InChI=1S/C8H9N3O3/c1-11(8(13)14)6(5-12)7-9-3-2-4-10-7/h2-6H,1H3,(H,13,14). The Morgan fingerprint density at radius 2 is 2.14 bits per heavy atom. The highest BCUT2D eigenvalue weighted by atomic mass is 16.4. The van der Waals surface area contributed by atoms with Crippen LogP contribution in [-0.4, -0.2) is 39.4 Å². The van der Waals surface area contributed by atoms with Crippen molar-refractivity contribution in [1.29, 1.82) is 0 Å². The third-order valence-corrected chi connectivity index (χ3v) is 1.70. The summed E-state index contributed by atoms with van der Waals surface area (Å²) in [6, 6.07) is 0.639. The maximum atomic E-state index is 10.7. The number of amides is 1. The molecule has 6 heteroatoms. The lowest BCUT2D eigenvalue weighted by Crippen LogP contribution is -2.31. The molecule has 1 unspecified atom stereocenters. The van der Waals surface area contributed by atoms with E-state index in [1.165, 1.54) is 19.4 Å². The third kappa shape index (κ3) is 2.03. The van der Waals surface area contributed by atoms with E-state index in [1.807, 2.05) is 0 Å². The predicted molar refractivity (Wildman–Crippen MR) is 46.6 cm³/mol. The van der Waals surface area contributed by atoms with Gasteiger partial charge in [-0.2, -0.15) is 0 Å². The third-order valence-electron chi connectivity index (χ3n) is 1.70. The number of aromatic nitrogens is 2. The van der Waals surface area contributed by atoms with E-state index >= 15 is 0 Å². The summed E-state index contributed by atoms with van der Waals surface area (Å²) in [6.07, 6.45) is 2.20. The maximum Gasteiger partial charge on any atom is 0.408 e. The number of hydrogen-bond acceptors (Lipinski definition) is 4. The molecule has 14 heavy (non-hydrogen) atoms. The van der Waals surface area contributed by atoms with Crippen molar-refractivity contribution in [2.45, 2.75) is 6.04 Å². The van der Waals surface area contributed by atoms with Gasteiger partial charge in [-0.05, 0) is 6.07 Å². The van der Waals surface area contributed by atoms with Gasteiger partial charge in [-0.25, -0.2) is 14.8 Å².